The van der Waals surface area contributed by atoms with Crippen molar-refractivity contribution in [3.8, 4) is 11.8 Å². The van der Waals surface area contributed by atoms with E-state index in [0.717, 1.165) is 29.1 Å². The molecule has 0 saturated carbocycles. The van der Waals surface area contributed by atoms with Crippen LogP contribution >= 0.6 is 23.1 Å². The van der Waals surface area contributed by atoms with Crippen molar-refractivity contribution in [2.24, 2.45) is 4.99 Å². The molecule has 9 nitrogen and oxygen atoms in total. The number of thiazole rings is 1. The molecule has 0 radical (unpaired) electrons. The first-order chi connectivity index (χ1) is 23.3. The number of anilines is 1. The number of thioether (sulfide) groups is 1. The molecule has 4 aromatic rings. The van der Waals surface area contributed by atoms with Gasteiger partial charge in [0.2, 0.25) is 0 Å². The molecule has 0 aliphatic carbocycles. The standard InChI is InChI=1S/C35H32F3N5O4S2/c1-7-47-33(45)29-20(3)40-34-43(30(29)22-9-11-24(12-10-22)42(4)5)32(44)27(49-34)16-21-8-13-26(46-6)23(15-21)18-48-31-25(17-39)19(2)14-28(41-31)35(36,37)38/h8-16,30H,7,18H2,1-6H3/b27-16-/t30-/m0/s1. The lowest BCUT2D eigenvalue weighted by Gasteiger charge is -2.25. The summed E-state index contributed by atoms with van der Waals surface area (Å²) in [7, 11) is 5.31. The minimum absolute atomic E-state index is 0.0398. The first-order valence-corrected chi connectivity index (χ1v) is 16.8. The fourth-order valence-corrected chi connectivity index (χ4v) is 7.47. The maximum Gasteiger partial charge on any atom is 0.433 e. The van der Waals surface area contributed by atoms with Crippen molar-refractivity contribution in [1.29, 1.82) is 5.26 Å². The molecule has 0 spiro atoms. The van der Waals surface area contributed by atoms with E-state index in [2.05, 4.69) is 9.98 Å². The summed E-state index contributed by atoms with van der Waals surface area (Å²) in [5, 5.41) is 9.59. The molecule has 14 heteroatoms. The van der Waals surface area contributed by atoms with Crippen molar-refractivity contribution in [3.63, 3.8) is 0 Å². The van der Waals surface area contributed by atoms with Gasteiger partial charge in [0.25, 0.3) is 5.56 Å². The molecular weight excluding hydrogens is 676 g/mol. The highest BCUT2D eigenvalue weighted by Crippen LogP contribution is 2.35. The second kappa shape index (κ2) is 14.3. The van der Waals surface area contributed by atoms with Crippen LogP contribution in [0.5, 0.6) is 5.75 Å². The number of aromatic nitrogens is 2. The highest BCUT2D eigenvalue weighted by Gasteiger charge is 2.35. The normalized spacial score (nSPS) is 14.6. The fourth-order valence-electron chi connectivity index (χ4n) is 5.39. The van der Waals surface area contributed by atoms with Gasteiger partial charge in [-0.05, 0) is 73.9 Å². The van der Waals surface area contributed by atoms with E-state index in [1.54, 1.807) is 38.1 Å². The zero-order chi connectivity index (χ0) is 35.6. The number of carbonyl (C=O) groups excluding carboxylic acids is 1. The number of allylic oxidation sites excluding steroid dienone is 1. The number of fused-ring (bicyclic) bond motifs is 1. The zero-order valence-corrected chi connectivity index (χ0v) is 29.1. The first-order valence-electron chi connectivity index (χ1n) is 15.0. The van der Waals surface area contributed by atoms with E-state index < -0.39 is 23.9 Å². The van der Waals surface area contributed by atoms with E-state index in [-0.39, 0.29) is 39.6 Å². The predicted octanol–water partition coefficient (Wildman–Crippen LogP) is 5.76. The minimum atomic E-state index is -4.67. The van der Waals surface area contributed by atoms with Gasteiger partial charge in [0, 0.05) is 31.1 Å². The van der Waals surface area contributed by atoms with E-state index in [4.69, 9.17) is 9.47 Å². The van der Waals surface area contributed by atoms with Gasteiger partial charge in [-0.2, -0.15) is 18.4 Å². The van der Waals surface area contributed by atoms with E-state index in [0.29, 0.717) is 31.9 Å². The summed E-state index contributed by atoms with van der Waals surface area (Å²) in [5.74, 6) is 0.0609. The smallest absolute Gasteiger partial charge is 0.433 e. The summed E-state index contributed by atoms with van der Waals surface area (Å²) in [6, 6.07) is 14.9. The van der Waals surface area contributed by atoms with Crippen molar-refractivity contribution in [2.75, 3.05) is 32.7 Å². The molecule has 49 heavy (non-hydrogen) atoms. The molecule has 3 heterocycles. The van der Waals surface area contributed by atoms with Crippen LogP contribution in [0.2, 0.25) is 0 Å². The number of methoxy groups -OCH3 is 1. The number of ether oxygens (including phenoxy) is 2. The Morgan fingerprint density at radius 1 is 1.16 bits per heavy atom. The van der Waals surface area contributed by atoms with Crippen molar-refractivity contribution in [1.82, 2.24) is 9.55 Å². The summed E-state index contributed by atoms with van der Waals surface area (Å²) in [6.45, 7) is 5.03. The van der Waals surface area contributed by atoms with Gasteiger partial charge in [0.05, 0.1) is 41.1 Å². The Balaban J connectivity index is 1.57. The molecule has 0 fully saturated rings. The molecule has 2 aromatic heterocycles. The Bertz CT molecular complexity index is 2180. The Hall–Kier alpha value is -4.87. The lowest BCUT2D eigenvalue weighted by molar-refractivity contribution is -0.141. The van der Waals surface area contributed by atoms with E-state index >= 15 is 0 Å². The summed E-state index contributed by atoms with van der Waals surface area (Å²) in [5.41, 5.74) is 2.46. The quantitative estimate of drug-likeness (QED) is 0.160. The summed E-state index contributed by atoms with van der Waals surface area (Å²) >= 11 is 2.16. The highest BCUT2D eigenvalue weighted by atomic mass is 32.2. The number of hydrogen-bond donors (Lipinski definition) is 0. The van der Waals surface area contributed by atoms with Crippen molar-refractivity contribution in [3.05, 3.63) is 113 Å². The third-order valence-electron chi connectivity index (χ3n) is 7.79. The Kier molecular flexibility index (Phi) is 10.4. The van der Waals surface area contributed by atoms with Gasteiger partial charge in [-0.1, -0.05) is 29.5 Å². The topological polar surface area (TPSA) is 110 Å². The monoisotopic (exact) mass is 707 g/mol. The molecule has 0 unspecified atom stereocenters. The number of rotatable bonds is 9. The van der Waals surface area contributed by atoms with Gasteiger partial charge in [-0.15, -0.1) is 11.8 Å². The molecule has 0 saturated heterocycles. The van der Waals surface area contributed by atoms with Crippen LogP contribution < -0.4 is 24.5 Å². The number of hydrogen-bond acceptors (Lipinski definition) is 10. The lowest BCUT2D eigenvalue weighted by Crippen LogP contribution is -2.39. The second-order valence-electron chi connectivity index (χ2n) is 11.3. The van der Waals surface area contributed by atoms with Gasteiger partial charge in [-0.25, -0.2) is 14.8 Å². The predicted molar refractivity (Wildman–Crippen MR) is 182 cm³/mol. The fraction of sp³-hybridized carbons (Fsp3) is 0.286. The number of halogens is 3. The minimum Gasteiger partial charge on any atom is -0.496 e. The molecule has 254 valence electrons. The Morgan fingerprint density at radius 3 is 2.49 bits per heavy atom. The van der Waals surface area contributed by atoms with Crippen molar-refractivity contribution < 1.29 is 27.4 Å². The molecular formula is C35H32F3N5O4S2. The number of carbonyl (C=O) groups is 1. The number of pyridine rings is 1. The summed E-state index contributed by atoms with van der Waals surface area (Å²) in [4.78, 5) is 38.0. The lowest BCUT2D eigenvalue weighted by atomic mass is 9.95. The number of alkyl halides is 3. The van der Waals surface area contributed by atoms with Crippen LogP contribution in [-0.4, -0.2) is 43.3 Å². The molecule has 1 aliphatic heterocycles. The van der Waals surface area contributed by atoms with Crippen molar-refractivity contribution in [2.45, 2.75) is 43.8 Å². The summed E-state index contributed by atoms with van der Waals surface area (Å²) in [6.07, 6.45) is -2.97. The second-order valence-corrected chi connectivity index (χ2v) is 13.2. The first kappa shape index (κ1) is 35.4. The van der Waals surface area contributed by atoms with Crippen LogP contribution in [0.1, 0.15) is 53.4 Å². The van der Waals surface area contributed by atoms with Crippen LogP contribution in [0.15, 0.2) is 74.6 Å². The average molecular weight is 708 g/mol. The number of aryl methyl sites for hydroxylation is 1. The third kappa shape index (κ3) is 7.28. The van der Waals surface area contributed by atoms with Crippen LogP contribution in [-0.2, 0) is 21.5 Å². The molecule has 5 rings (SSSR count). The van der Waals surface area contributed by atoms with Crippen LogP contribution in [0.4, 0.5) is 18.9 Å². The number of nitriles is 1. The maximum atomic E-state index is 14.1. The molecule has 0 amide bonds. The number of esters is 1. The van der Waals surface area contributed by atoms with Crippen molar-refractivity contribution >= 4 is 40.8 Å². The van der Waals surface area contributed by atoms with Crippen LogP contribution in [0, 0.1) is 18.3 Å². The highest BCUT2D eigenvalue weighted by molar-refractivity contribution is 7.98. The number of nitrogens with zero attached hydrogens (tertiary/aromatic N) is 5. The molecule has 1 aliphatic rings. The number of benzene rings is 2. The summed E-state index contributed by atoms with van der Waals surface area (Å²) < 4.78 is 53.2. The van der Waals surface area contributed by atoms with Crippen LogP contribution in [0.25, 0.3) is 6.08 Å². The third-order valence-corrected chi connectivity index (χ3v) is 9.80. The molecule has 0 N–H and O–H groups in total. The molecule has 1 atom stereocenters. The average Bonchev–Trinajstić information content (AvgIpc) is 3.36. The van der Waals surface area contributed by atoms with E-state index in [1.807, 2.05) is 49.3 Å². The van der Waals surface area contributed by atoms with Crippen LogP contribution in [0.3, 0.4) is 0 Å². The van der Waals surface area contributed by atoms with Gasteiger partial charge in [0.1, 0.15) is 22.5 Å². The zero-order valence-electron chi connectivity index (χ0n) is 27.5. The largest absolute Gasteiger partial charge is 0.496 e. The Morgan fingerprint density at radius 2 is 1.88 bits per heavy atom. The maximum absolute atomic E-state index is 14.1. The van der Waals surface area contributed by atoms with Gasteiger partial charge in [-0.3, -0.25) is 9.36 Å². The van der Waals surface area contributed by atoms with E-state index in [9.17, 15) is 28.0 Å². The van der Waals surface area contributed by atoms with Gasteiger partial charge in [0.15, 0.2) is 4.80 Å². The molecule has 2 aromatic carbocycles. The SMILES string of the molecule is CCOC(=O)C1=C(C)N=c2s/c(=C\c3ccc(OC)c(CSc4nc(C(F)(F)F)cc(C)c4C#N)c3)c(=O)n2[C@H]1c1ccc(N(C)C)cc1. The Labute approximate surface area is 288 Å². The van der Waals surface area contributed by atoms with E-state index in [1.165, 1.54) is 29.9 Å². The van der Waals surface area contributed by atoms with Gasteiger partial charge < -0.3 is 14.4 Å². The molecule has 0 bridgehead atoms. The van der Waals surface area contributed by atoms with Gasteiger partial charge >= 0.3 is 12.1 Å².